The van der Waals surface area contributed by atoms with Crippen LogP contribution in [0, 0.1) is 23.0 Å². The van der Waals surface area contributed by atoms with E-state index in [0.29, 0.717) is 12.1 Å². The SMILES string of the molecule is CCC(C)C(O)CNC(C)c1cccc([N+](=O)[O-])c1C. The largest absolute Gasteiger partial charge is 0.392 e. The standard InChI is InChI=1S/C15H24N2O3/c1-5-10(2)15(18)9-16-12(4)13-7-6-8-14(11(13)3)17(19)20/h6-8,10,12,15-16,18H,5,9H2,1-4H3. The smallest absolute Gasteiger partial charge is 0.272 e. The number of nitrogens with zero attached hydrogens (tertiary/aromatic N) is 1. The molecule has 2 N–H and O–H groups in total. The van der Waals surface area contributed by atoms with Gasteiger partial charge in [-0.3, -0.25) is 10.1 Å². The van der Waals surface area contributed by atoms with Gasteiger partial charge in [0, 0.05) is 24.2 Å². The summed E-state index contributed by atoms with van der Waals surface area (Å²) in [5.41, 5.74) is 1.71. The van der Waals surface area contributed by atoms with Crippen LogP contribution in [0.25, 0.3) is 0 Å². The first-order chi connectivity index (χ1) is 9.38. The summed E-state index contributed by atoms with van der Waals surface area (Å²) in [5, 5.41) is 24.1. The van der Waals surface area contributed by atoms with Crippen LogP contribution in [-0.2, 0) is 0 Å². The molecule has 3 unspecified atom stereocenters. The molecule has 0 fully saturated rings. The average molecular weight is 280 g/mol. The molecule has 5 heteroatoms. The number of nitro groups is 1. The molecule has 1 aromatic carbocycles. The lowest BCUT2D eigenvalue weighted by Crippen LogP contribution is -2.33. The zero-order chi connectivity index (χ0) is 15.3. The van der Waals surface area contributed by atoms with Crippen molar-refractivity contribution in [1.82, 2.24) is 5.32 Å². The molecule has 112 valence electrons. The zero-order valence-corrected chi connectivity index (χ0v) is 12.6. The Kier molecular flexibility index (Phi) is 6.10. The normalized spacial score (nSPS) is 15.7. The first kappa shape index (κ1) is 16.6. The number of hydrogen-bond donors (Lipinski definition) is 2. The molecule has 1 aromatic rings. The first-order valence-electron chi connectivity index (χ1n) is 7.03. The highest BCUT2D eigenvalue weighted by Gasteiger charge is 2.18. The topological polar surface area (TPSA) is 75.4 Å². The van der Waals surface area contributed by atoms with Crippen molar-refractivity contribution in [1.29, 1.82) is 0 Å². The van der Waals surface area contributed by atoms with Gasteiger partial charge in [0.1, 0.15) is 0 Å². The summed E-state index contributed by atoms with van der Waals surface area (Å²) in [6.07, 6.45) is 0.522. The monoisotopic (exact) mass is 280 g/mol. The fourth-order valence-corrected chi connectivity index (χ4v) is 2.19. The highest BCUT2D eigenvalue weighted by atomic mass is 16.6. The van der Waals surface area contributed by atoms with Crippen molar-refractivity contribution in [3.63, 3.8) is 0 Å². The first-order valence-corrected chi connectivity index (χ1v) is 7.03. The van der Waals surface area contributed by atoms with Crippen LogP contribution in [0.3, 0.4) is 0 Å². The highest BCUT2D eigenvalue weighted by molar-refractivity contribution is 5.45. The second-order valence-electron chi connectivity index (χ2n) is 5.33. The Morgan fingerprint density at radius 1 is 1.40 bits per heavy atom. The van der Waals surface area contributed by atoms with E-state index in [1.807, 2.05) is 26.8 Å². The summed E-state index contributed by atoms with van der Waals surface area (Å²) in [7, 11) is 0. The van der Waals surface area contributed by atoms with Gasteiger partial charge in [-0.2, -0.15) is 0 Å². The fraction of sp³-hybridized carbons (Fsp3) is 0.600. The van der Waals surface area contributed by atoms with E-state index in [1.54, 1.807) is 13.0 Å². The molecule has 0 saturated heterocycles. The summed E-state index contributed by atoms with van der Waals surface area (Å²) in [6, 6.07) is 5.06. The molecule has 0 aliphatic rings. The van der Waals surface area contributed by atoms with E-state index in [4.69, 9.17) is 0 Å². The van der Waals surface area contributed by atoms with Crippen LogP contribution in [0.2, 0.25) is 0 Å². The molecule has 3 atom stereocenters. The molecule has 0 aliphatic carbocycles. The van der Waals surface area contributed by atoms with Crippen molar-refractivity contribution in [3.8, 4) is 0 Å². The molecule has 0 spiro atoms. The minimum atomic E-state index is -0.401. The lowest BCUT2D eigenvalue weighted by molar-refractivity contribution is -0.385. The maximum Gasteiger partial charge on any atom is 0.272 e. The number of benzene rings is 1. The summed E-state index contributed by atoms with van der Waals surface area (Å²) >= 11 is 0. The molecule has 0 bridgehead atoms. The second-order valence-corrected chi connectivity index (χ2v) is 5.33. The second kappa shape index (κ2) is 7.36. The minimum Gasteiger partial charge on any atom is -0.392 e. The van der Waals surface area contributed by atoms with E-state index in [2.05, 4.69) is 5.32 Å². The van der Waals surface area contributed by atoms with Crippen LogP contribution in [0.5, 0.6) is 0 Å². The maximum absolute atomic E-state index is 10.9. The summed E-state index contributed by atoms with van der Waals surface area (Å²) in [5.74, 6) is 0.237. The number of nitro benzene ring substituents is 1. The third kappa shape index (κ3) is 4.02. The van der Waals surface area contributed by atoms with Crippen molar-refractivity contribution in [2.75, 3.05) is 6.54 Å². The molecular weight excluding hydrogens is 256 g/mol. The predicted octanol–water partition coefficient (Wildman–Crippen LogP) is 2.96. The van der Waals surface area contributed by atoms with Crippen LogP contribution in [0.1, 0.15) is 44.4 Å². The quantitative estimate of drug-likeness (QED) is 0.594. The summed E-state index contributed by atoms with van der Waals surface area (Å²) in [6.45, 7) is 8.25. The molecule has 0 aromatic heterocycles. The van der Waals surface area contributed by atoms with E-state index in [1.165, 1.54) is 6.07 Å². The van der Waals surface area contributed by atoms with E-state index in [9.17, 15) is 15.2 Å². The van der Waals surface area contributed by atoms with Crippen molar-refractivity contribution in [2.24, 2.45) is 5.92 Å². The van der Waals surface area contributed by atoms with E-state index < -0.39 is 6.10 Å². The van der Waals surface area contributed by atoms with Crippen molar-refractivity contribution in [2.45, 2.75) is 46.3 Å². The minimum absolute atomic E-state index is 0.0337. The summed E-state index contributed by atoms with van der Waals surface area (Å²) < 4.78 is 0. The lowest BCUT2D eigenvalue weighted by Gasteiger charge is -2.22. The Labute approximate surface area is 120 Å². The third-order valence-electron chi connectivity index (χ3n) is 3.94. The molecular formula is C15H24N2O3. The molecule has 20 heavy (non-hydrogen) atoms. The number of aliphatic hydroxyl groups excluding tert-OH is 1. The van der Waals surface area contributed by atoms with Gasteiger partial charge in [0.15, 0.2) is 0 Å². The molecule has 0 radical (unpaired) electrons. The lowest BCUT2D eigenvalue weighted by atomic mass is 9.99. The van der Waals surface area contributed by atoms with Crippen LogP contribution >= 0.6 is 0 Å². The van der Waals surface area contributed by atoms with Gasteiger partial charge >= 0.3 is 0 Å². The van der Waals surface area contributed by atoms with Gasteiger partial charge < -0.3 is 10.4 Å². The zero-order valence-electron chi connectivity index (χ0n) is 12.6. The number of nitrogens with one attached hydrogen (secondary N) is 1. The number of aliphatic hydroxyl groups is 1. The fourth-order valence-electron chi connectivity index (χ4n) is 2.19. The molecule has 5 nitrogen and oxygen atoms in total. The van der Waals surface area contributed by atoms with Crippen molar-refractivity contribution >= 4 is 5.69 Å². The highest BCUT2D eigenvalue weighted by Crippen LogP contribution is 2.25. The van der Waals surface area contributed by atoms with E-state index in [-0.39, 0.29) is 22.6 Å². The molecule has 0 aliphatic heterocycles. The van der Waals surface area contributed by atoms with Crippen molar-refractivity contribution < 1.29 is 10.0 Å². The molecule has 1 rings (SSSR count). The molecule has 0 heterocycles. The van der Waals surface area contributed by atoms with Gasteiger partial charge in [-0.25, -0.2) is 0 Å². The molecule has 0 saturated carbocycles. The predicted molar refractivity (Wildman–Crippen MR) is 79.7 cm³/mol. The Hall–Kier alpha value is -1.46. The van der Waals surface area contributed by atoms with Crippen LogP contribution in [-0.4, -0.2) is 22.7 Å². The van der Waals surface area contributed by atoms with Crippen molar-refractivity contribution in [3.05, 3.63) is 39.4 Å². The van der Waals surface area contributed by atoms with Crippen LogP contribution in [0.4, 0.5) is 5.69 Å². The van der Waals surface area contributed by atoms with Gasteiger partial charge in [-0.1, -0.05) is 32.4 Å². The Balaban J connectivity index is 2.76. The van der Waals surface area contributed by atoms with Crippen LogP contribution in [0.15, 0.2) is 18.2 Å². The van der Waals surface area contributed by atoms with Gasteiger partial charge in [0.2, 0.25) is 0 Å². The van der Waals surface area contributed by atoms with Gasteiger partial charge in [-0.15, -0.1) is 0 Å². The summed E-state index contributed by atoms with van der Waals surface area (Å²) in [4.78, 5) is 10.6. The van der Waals surface area contributed by atoms with Gasteiger partial charge in [-0.05, 0) is 25.3 Å². The number of rotatable bonds is 7. The van der Waals surface area contributed by atoms with E-state index in [0.717, 1.165) is 12.0 Å². The van der Waals surface area contributed by atoms with E-state index >= 15 is 0 Å². The van der Waals surface area contributed by atoms with Gasteiger partial charge in [0.05, 0.1) is 11.0 Å². The van der Waals surface area contributed by atoms with Crippen LogP contribution < -0.4 is 5.32 Å². The third-order valence-corrected chi connectivity index (χ3v) is 3.94. The Morgan fingerprint density at radius 3 is 2.60 bits per heavy atom. The number of hydrogen-bond acceptors (Lipinski definition) is 4. The Morgan fingerprint density at radius 2 is 2.05 bits per heavy atom. The Bertz CT molecular complexity index is 462. The molecule has 0 amide bonds. The van der Waals surface area contributed by atoms with Gasteiger partial charge in [0.25, 0.3) is 5.69 Å². The maximum atomic E-state index is 10.9. The average Bonchev–Trinajstić information content (AvgIpc) is 2.43.